The summed E-state index contributed by atoms with van der Waals surface area (Å²) in [4.78, 5) is 14.7. The highest BCUT2D eigenvalue weighted by atomic mass is 79.9. The molecule has 1 N–H and O–H groups in total. The van der Waals surface area contributed by atoms with E-state index >= 15 is 0 Å². The maximum Gasteiger partial charge on any atom is 0.258 e. The number of fused-ring (bicyclic) bond motifs is 1. The van der Waals surface area contributed by atoms with E-state index < -0.39 is 0 Å². The van der Waals surface area contributed by atoms with Gasteiger partial charge in [0.05, 0.1) is 17.2 Å². The Bertz CT molecular complexity index is 1060. The number of halogens is 1. The van der Waals surface area contributed by atoms with Gasteiger partial charge in [0.15, 0.2) is 6.61 Å². The predicted molar refractivity (Wildman–Crippen MR) is 126 cm³/mol. The smallest absolute Gasteiger partial charge is 0.258 e. The van der Waals surface area contributed by atoms with E-state index in [1.165, 1.54) is 5.56 Å². The first kappa shape index (κ1) is 21.8. The Balaban J connectivity index is 1.28. The zero-order valence-electron chi connectivity index (χ0n) is 17.6. The van der Waals surface area contributed by atoms with Crippen molar-refractivity contribution in [1.29, 1.82) is 0 Å². The van der Waals surface area contributed by atoms with Crippen LogP contribution in [0.15, 0.2) is 65.1 Å². The van der Waals surface area contributed by atoms with Gasteiger partial charge in [-0.05, 0) is 50.8 Å². The molecule has 1 fully saturated rings. The highest BCUT2D eigenvalue weighted by Gasteiger charge is 2.16. The van der Waals surface area contributed by atoms with Crippen LogP contribution in [0.25, 0.3) is 10.8 Å². The first-order valence-corrected chi connectivity index (χ1v) is 11.4. The second-order valence-corrected chi connectivity index (χ2v) is 8.69. The molecule has 3 aromatic carbocycles. The van der Waals surface area contributed by atoms with Gasteiger partial charge in [-0.2, -0.15) is 0 Å². The molecule has 1 atom stereocenters. The van der Waals surface area contributed by atoms with Crippen LogP contribution in [-0.2, 0) is 22.6 Å². The molecule has 0 aliphatic carbocycles. The zero-order valence-corrected chi connectivity index (χ0v) is 19.2. The molecule has 162 valence electrons. The molecule has 1 aliphatic rings. The third kappa shape index (κ3) is 5.85. The van der Waals surface area contributed by atoms with E-state index in [4.69, 9.17) is 9.47 Å². The van der Waals surface area contributed by atoms with Crippen molar-refractivity contribution in [2.24, 2.45) is 0 Å². The van der Waals surface area contributed by atoms with Crippen molar-refractivity contribution in [2.45, 2.75) is 26.1 Å². The Morgan fingerprint density at radius 3 is 2.87 bits per heavy atom. The summed E-state index contributed by atoms with van der Waals surface area (Å²) in [5, 5.41) is 5.14. The number of amides is 1. The van der Waals surface area contributed by atoms with Crippen molar-refractivity contribution in [3.05, 3.63) is 76.3 Å². The summed E-state index contributed by atoms with van der Waals surface area (Å²) < 4.78 is 12.2. The van der Waals surface area contributed by atoms with E-state index in [1.807, 2.05) is 48.5 Å². The number of hydrogen-bond acceptors (Lipinski definition) is 4. The molecule has 0 saturated carbocycles. The van der Waals surface area contributed by atoms with E-state index in [2.05, 4.69) is 45.2 Å². The summed E-state index contributed by atoms with van der Waals surface area (Å²) in [6.45, 7) is 6.14. The second-order valence-electron chi connectivity index (χ2n) is 7.90. The van der Waals surface area contributed by atoms with Crippen LogP contribution in [0, 0.1) is 0 Å². The Labute approximate surface area is 191 Å². The highest BCUT2D eigenvalue weighted by Crippen LogP contribution is 2.32. The third-order valence-electron chi connectivity index (χ3n) is 5.40. The topological polar surface area (TPSA) is 50.8 Å². The summed E-state index contributed by atoms with van der Waals surface area (Å²) in [6.07, 6.45) is 0.277. The summed E-state index contributed by atoms with van der Waals surface area (Å²) >= 11 is 3.59. The van der Waals surface area contributed by atoms with E-state index in [1.54, 1.807) is 0 Å². The average molecular weight is 483 g/mol. The van der Waals surface area contributed by atoms with Gasteiger partial charge in [-0.1, -0.05) is 54.6 Å². The normalized spacial score (nSPS) is 16.9. The lowest BCUT2D eigenvalue weighted by Gasteiger charge is -2.31. The van der Waals surface area contributed by atoms with Crippen molar-refractivity contribution in [1.82, 2.24) is 10.2 Å². The molecular formula is C25H27BrN2O3. The lowest BCUT2D eigenvalue weighted by atomic mass is 10.1. The van der Waals surface area contributed by atoms with Gasteiger partial charge in [0, 0.05) is 26.2 Å². The van der Waals surface area contributed by atoms with E-state index in [9.17, 15) is 4.79 Å². The van der Waals surface area contributed by atoms with E-state index in [0.29, 0.717) is 12.3 Å². The quantitative estimate of drug-likeness (QED) is 0.537. The molecule has 1 saturated heterocycles. The number of ether oxygens (including phenoxy) is 2. The summed E-state index contributed by atoms with van der Waals surface area (Å²) in [5.74, 6) is 0.517. The molecule has 5 nitrogen and oxygen atoms in total. The van der Waals surface area contributed by atoms with Gasteiger partial charge in [-0.3, -0.25) is 9.69 Å². The molecule has 4 rings (SSSR count). The average Bonchev–Trinajstić information content (AvgIpc) is 2.78. The molecule has 1 heterocycles. The number of hydrogen-bond donors (Lipinski definition) is 1. The fourth-order valence-electron chi connectivity index (χ4n) is 3.85. The monoisotopic (exact) mass is 482 g/mol. The fraction of sp³-hybridized carbons (Fsp3) is 0.320. The molecule has 0 radical (unpaired) electrons. The standard InChI is InChI=1S/C25H27BrN2O3/c1-18-15-28(11-12-30-18)16-20-6-4-5-19(13-20)14-27-24(29)17-31-23-10-9-21-7-2-3-8-22(21)25(23)26/h2-10,13,18H,11-12,14-17H2,1H3,(H,27,29). The molecular weight excluding hydrogens is 456 g/mol. The maximum absolute atomic E-state index is 12.3. The van der Waals surface area contributed by atoms with Crippen molar-refractivity contribution in [3.8, 4) is 5.75 Å². The van der Waals surface area contributed by atoms with Crippen molar-refractivity contribution in [3.63, 3.8) is 0 Å². The van der Waals surface area contributed by atoms with Gasteiger partial charge in [0.25, 0.3) is 5.91 Å². The number of morpholine rings is 1. The number of rotatable bonds is 7. The molecule has 1 amide bonds. The van der Waals surface area contributed by atoms with E-state index in [-0.39, 0.29) is 18.6 Å². The van der Waals surface area contributed by atoms with E-state index in [0.717, 1.165) is 47.0 Å². The molecule has 3 aromatic rings. The predicted octanol–water partition coefficient (Wildman–Crippen LogP) is 4.52. The molecule has 6 heteroatoms. The minimum absolute atomic E-state index is 0.0255. The summed E-state index contributed by atoms with van der Waals surface area (Å²) in [7, 11) is 0. The highest BCUT2D eigenvalue weighted by molar-refractivity contribution is 9.10. The molecule has 1 aliphatic heterocycles. The number of nitrogens with zero attached hydrogens (tertiary/aromatic N) is 1. The lowest BCUT2D eigenvalue weighted by molar-refractivity contribution is -0.123. The Kier molecular flexibility index (Phi) is 7.22. The molecule has 31 heavy (non-hydrogen) atoms. The largest absolute Gasteiger partial charge is 0.483 e. The van der Waals surface area contributed by atoms with Gasteiger partial charge < -0.3 is 14.8 Å². The molecule has 0 spiro atoms. The van der Waals surface area contributed by atoms with Crippen LogP contribution in [0.4, 0.5) is 0 Å². The first-order valence-electron chi connectivity index (χ1n) is 10.6. The van der Waals surface area contributed by atoms with Crippen LogP contribution in [0.5, 0.6) is 5.75 Å². The number of carbonyl (C=O) groups excluding carboxylic acids is 1. The zero-order chi connectivity index (χ0) is 21.6. The maximum atomic E-state index is 12.3. The van der Waals surface area contributed by atoms with Crippen molar-refractivity contribution < 1.29 is 14.3 Å². The van der Waals surface area contributed by atoms with Crippen molar-refractivity contribution >= 4 is 32.6 Å². The Morgan fingerprint density at radius 1 is 1.16 bits per heavy atom. The lowest BCUT2D eigenvalue weighted by Crippen LogP contribution is -2.40. The number of carbonyl (C=O) groups is 1. The van der Waals surface area contributed by atoms with Gasteiger partial charge >= 0.3 is 0 Å². The first-order chi connectivity index (χ1) is 15.1. The van der Waals surface area contributed by atoms with Gasteiger partial charge in [0.1, 0.15) is 5.75 Å². The van der Waals surface area contributed by atoms with Crippen molar-refractivity contribution in [2.75, 3.05) is 26.3 Å². The number of nitrogens with one attached hydrogen (secondary N) is 1. The number of benzene rings is 3. The van der Waals surface area contributed by atoms with Crippen LogP contribution in [-0.4, -0.2) is 43.2 Å². The van der Waals surface area contributed by atoms with Crippen LogP contribution < -0.4 is 10.1 Å². The minimum atomic E-state index is -0.146. The molecule has 0 aromatic heterocycles. The fourth-order valence-corrected chi connectivity index (χ4v) is 4.46. The Morgan fingerprint density at radius 2 is 2.00 bits per heavy atom. The third-order valence-corrected chi connectivity index (χ3v) is 6.22. The van der Waals surface area contributed by atoms with Gasteiger partial charge in [0.2, 0.25) is 0 Å². The van der Waals surface area contributed by atoms with Crippen LogP contribution in [0.2, 0.25) is 0 Å². The van der Waals surface area contributed by atoms with Gasteiger partial charge in [-0.25, -0.2) is 0 Å². The van der Waals surface area contributed by atoms with Crippen LogP contribution >= 0.6 is 15.9 Å². The Hall–Kier alpha value is -2.41. The van der Waals surface area contributed by atoms with Crippen LogP contribution in [0.1, 0.15) is 18.1 Å². The second kappa shape index (κ2) is 10.3. The summed E-state index contributed by atoms with van der Waals surface area (Å²) in [5.41, 5.74) is 2.33. The molecule has 1 unspecified atom stereocenters. The molecule has 0 bridgehead atoms. The SMILES string of the molecule is CC1CN(Cc2cccc(CNC(=O)COc3ccc4ccccc4c3Br)c2)CCO1. The minimum Gasteiger partial charge on any atom is -0.483 e. The summed E-state index contributed by atoms with van der Waals surface area (Å²) in [6, 6.07) is 20.3. The van der Waals surface area contributed by atoms with Crippen LogP contribution in [0.3, 0.4) is 0 Å². The van der Waals surface area contributed by atoms with Gasteiger partial charge in [-0.15, -0.1) is 0 Å².